The Labute approximate surface area is 112 Å². The van der Waals surface area contributed by atoms with Crippen molar-refractivity contribution in [3.05, 3.63) is 29.8 Å². The van der Waals surface area contributed by atoms with Crippen LogP contribution in [0.4, 0.5) is 0 Å². The fourth-order valence-electron chi connectivity index (χ4n) is 2.73. The van der Waals surface area contributed by atoms with Crippen LogP contribution in [-0.4, -0.2) is 36.2 Å². The zero-order valence-corrected chi connectivity index (χ0v) is 11.4. The lowest BCUT2D eigenvalue weighted by Crippen LogP contribution is -2.47. The molecule has 1 fully saturated rings. The van der Waals surface area contributed by atoms with Gasteiger partial charge in [-0.3, -0.25) is 4.79 Å². The molecule has 0 spiro atoms. The number of rotatable bonds is 2. The predicted molar refractivity (Wildman–Crippen MR) is 73.7 cm³/mol. The van der Waals surface area contributed by atoms with Gasteiger partial charge in [-0.2, -0.15) is 0 Å². The third-order valence-electron chi connectivity index (χ3n) is 3.76. The first kappa shape index (κ1) is 12.1. The maximum Gasteiger partial charge on any atom is 0.222 e. The first-order chi connectivity index (χ1) is 8.74. The van der Waals surface area contributed by atoms with Gasteiger partial charge < -0.3 is 10.2 Å². The molecule has 2 atom stereocenters. The first-order valence-corrected chi connectivity index (χ1v) is 7.44. The van der Waals surface area contributed by atoms with Crippen LogP contribution in [0.25, 0.3) is 0 Å². The molecule has 2 heterocycles. The molecular weight excluding hydrogens is 244 g/mol. The van der Waals surface area contributed by atoms with E-state index in [9.17, 15) is 4.79 Å². The summed E-state index contributed by atoms with van der Waals surface area (Å²) in [5, 5.41) is 3.71. The van der Waals surface area contributed by atoms with Crippen molar-refractivity contribution in [2.45, 2.75) is 29.8 Å². The highest BCUT2D eigenvalue weighted by atomic mass is 32.2. The lowest BCUT2D eigenvalue weighted by atomic mass is 10.0. The molecule has 1 aromatic carbocycles. The third-order valence-corrected chi connectivity index (χ3v) is 4.95. The molecule has 2 unspecified atom stereocenters. The molecule has 2 aliphatic heterocycles. The van der Waals surface area contributed by atoms with Gasteiger partial charge in [0.1, 0.15) is 0 Å². The van der Waals surface area contributed by atoms with Gasteiger partial charge >= 0.3 is 0 Å². The summed E-state index contributed by atoms with van der Waals surface area (Å²) in [5.74, 6) is 1.38. The molecule has 0 radical (unpaired) electrons. The first-order valence-electron chi connectivity index (χ1n) is 6.46. The van der Waals surface area contributed by atoms with Crippen molar-refractivity contribution in [1.29, 1.82) is 0 Å². The van der Waals surface area contributed by atoms with Crippen molar-refractivity contribution in [1.82, 2.24) is 10.2 Å². The van der Waals surface area contributed by atoms with Crippen LogP contribution in [0.1, 0.15) is 24.4 Å². The Bertz CT molecular complexity index is 463. The Morgan fingerprint density at radius 3 is 3.06 bits per heavy atom. The monoisotopic (exact) mass is 262 g/mol. The average molecular weight is 262 g/mol. The number of thioether (sulfide) groups is 1. The normalized spacial score (nSPS) is 27.4. The molecule has 4 heteroatoms. The zero-order valence-electron chi connectivity index (χ0n) is 10.6. The van der Waals surface area contributed by atoms with Crippen molar-refractivity contribution in [2.24, 2.45) is 0 Å². The Morgan fingerprint density at radius 1 is 1.39 bits per heavy atom. The van der Waals surface area contributed by atoms with Crippen molar-refractivity contribution in [3.63, 3.8) is 0 Å². The molecular formula is C14H18N2OS. The number of piperidine rings is 1. The number of amides is 1. The lowest BCUT2D eigenvalue weighted by molar-refractivity contribution is -0.132. The highest BCUT2D eigenvalue weighted by Gasteiger charge is 2.28. The fraction of sp³-hybridized carbons (Fsp3) is 0.500. The maximum atomic E-state index is 11.5. The SMILES string of the molecule is CN1CC(NC2CSc3ccccc32)CCC1=O. The quantitative estimate of drug-likeness (QED) is 0.885. The maximum absolute atomic E-state index is 11.5. The van der Waals surface area contributed by atoms with Crippen molar-refractivity contribution in [3.8, 4) is 0 Å². The van der Waals surface area contributed by atoms with Gasteiger partial charge in [-0.15, -0.1) is 11.8 Å². The minimum atomic E-state index is 0.272. The van der Waals surface area contributed by atoms with E-state index in [0.29, 0.717) is 18.5 Å². The van der Waals surface area contributed by atoms with Crippen LogP contribution in [0.15, 0.2) is 29.2 Å². The van der Waals surface area contributed by atoms with Gasteiger partial charge in [0.2, 0.25) is 5.91 Å². The van der Waals surface area contributed by atoms with E-state index in [0.717, 1.165) is 18.7 Å². The number of nitrogens with one attached hydrogen (secondary N) is 1. The largest absolute Gasteiger partial charge is 0.344 e. The van der Waals surface area contributed by atoms with E-state index >= 15 is 0 Å². The minimum Gasteiger partial charge on any atom is -0.344 e. The molecule has 1 aromatic rings. The second-order valence-corrected chi connectivity index (χ2v) is 6.14. The van der Waals surface area contributed by atoms with Crippen LogP contribution < -0.4 is 5.32 Å². The molecule has 2 aliphatic rings. The number of likely N-dealkylation sites (tertiary alicyclic amines) is 1. The Morgan fingerprint density at radius 2 is 2.22 bits per heavy atom. The molecule has 3 nitrogen and oxygen atoms in total. The van der Waals surface area contributed by atoms with Gasteiger partial charge in [0, 0.05) is 42.7 Å². The molecule has 1 N–H and O–H groups in total. The summed E-state index contributed by atoms with van der Waals surface area (Å²) in [5.41, 5.74) is 1.42. The van der Waals surface area contributed by atoms with Crippen LogP contribution in [0.2, 0.25) is 0 Å². The minimum absolute atomic E-state index is 0.272. The number of fused-ring (bicyclic) bond motifs is 1. The second-order valence-electron chi connectivity index (χ2n) is 5.08. The Balaban J connectivity index is 1.66. The molecule has 0 aromatic heterocycles. The number of hydrogen-bond donors (Lipinski definition) is 1. The molecule has 1 saturated heterocycles. The smallest absolute Gasteiger partial charge is 0.222 e. The molecule has 18 heavy (non-hydrogen) atoms. The molecule has 0 aliphatic carbocycles. The van der Waals surface area contributed by atoms with Gasteiger partial charge in [0.05, 0.1) is 0 Å². The highest BCUT2D eigenvalue weighted by Crippen LogP contribution is 2.38. The van der Waals surface area contributed by atoms with Gasteiger partial charge in [0.15, 0.2) is 0 Å². The number of benzene rings is 1. The molecule has 0 saturated carbocycles. The van der Waals surface area contributed by atoms with E-state index in [1.54, 1.807) is 0 Å². The predicted octanol–water partition coefficient (Wildman–Crippen LogP) is 2.04. The number of hydrogen-bond acceptors (Lipinski definition) is 3. The van der Waals surface area contributed by atoms with Gasteiger partial charge in [0.25, 0.3) is 0 Å². The highest BCUT2D eigenvalue weighted by molar-refractivity contribution is 7.99. The molecule has 1 amide bonds. The van der Waals surface area contributed by atoms with E-state index in [-0.39, 0.29) is 5.91 Å². The lowest BCUT2D eigenvalue weighted by Gasteiger charge is -2.32. The zero-order chi connectivity index (χ0) is 12.5. The Kier molecular flexibility index (Phi) is 3.31. The van der Waals surface area contributed by atoms with Gasteiger partial charge in [-0.05, 0) is 18.1 Å². The van der Waals surface area contributed by atoms with Crippen LogP contribution in [0.5, 0.6) is 0 Å². The number of nitrogens with zero attached hydrogens (tertiary/aromatic N) is 1. The standard InChI is InChI=1S/C14H18N2OS/c1-16-8-10(6-7-14(16)17)15-12-9-18-13-5-3-2-4-11(12)13/h2-5,10,12,15H,6-9H2,1H3. The van der Waals surface area contributed by atoms with Crippen LogP contribution in [0.3, 0.4) is 0 Å². The van der Waals surface area contributed by atoms with Gasteiger partial charge in [-0.25, -0.2) is 0 Å². The van der Waals surface area contributed by atoms with E-state index < -0.39 is 0 Å². The average Bonchev–Trinajstić information content (AvgIpc) is 2.78. The number of carbonyl (C=O) groups excluding carboxylic acids is 1. The Hall–Kier alpha value is -1.00. The van der Waals surface area contributed by atoms with Crippen molar-refractivity contribution >= 4 is 17.7 Å². The summed E-state index contributed by atoms with van der Waals surface area (Å²) in [6.45, 7) is 0.835. The number of carbonyl (C=O) groups is 1. The van der Waals surface area contributed by atoms with E-state index in [2.05, 4.69) is 29.6 Å². The summed E-state index contributed by atoms with van der Waals surface area (Å²) >= 11 is 1.92. The molecule has 96 valence electrons. The van der Waals surface area contributed by atoms with Gasteiger partial charge in [-0.1, -0.05) is 18.2 Å². The van der Waals surface area contributed by atoms with E-state index in [1.165, 1.54) is 10.5 Å². The van der Waals surface area contributed by atoms with Crippen LogP contribution in [-0.2, 0) is 4.79 Å². The summed E-state index contributed by atoms with van der Waals surface area (Å²) in [6, 6.07) is 9.49. The number of likely N-dealkylation sites (N-methyl/N-ethyl adjacent to an activating group) is 1. The van der Waals surface area contributed by atoms with Crippen LogP contribution >= 0.6 is 11.8 Å². The second kappa shape index (κ2) is 4.94. The summed E-state index contributed by atoms with van der Waals surface area (Å²) in [6.07, 6.45) is 1.64. The summed E-state index contributed by atoms with van der Waals surface area (Å²) in [7, 11) is 1.90. The summed E-state index contributed by atoms with van der Waals surface area (Å²) in [4.78, 5) is 14.7. The molecule has 0 bridgehead atoms. The topological polar surface area (TPSA) is 32.3 Å². The van der Waals surface area contributed by atoms with E-state index in [1.807, 2.05) is 23.7 Å². The van der Waals surface area contributed by atoms with E-state index in [4.69, 9.17) is 0 Å². The van der Waals surface area contributed by atoms with Crippen molar-refractivity contribution < 1.29 is 4.79 Å². The molecule has 3 rings (SSSR count). The third kappa shape index (κ3) is 2.27. The van der Waals surface area contributed by atoms with Crippen LogP contribution in [0, 0.1) is 0 Å². The summed E-state index contributed by atoms with van der Waals surface area (Å²) < 4.78 is 0. The fourth-order valence-corrected chi connectivity index (χ4v) is 3.91. The van der Waals surface area contributed by atoms with Crippen molar-refractivity contribution in [2.75, 3.05) is 19.3 Å².